The smallest absolute Gasteiger partial charge is 0.271 e. The molecule has 0 radical (unpaired) electrons. The van der Waals surface area contributed by atoms with Gasteiger partial charge in [-0.1, -0.05) is 48.5 Å². The number of likely N-dealkylation sites (N-methyl/N-ethyl adjacent to an activating group) is 1. The molecule has 138 valence electrons. The Bertz CT molecular complexity index is 939. The van der Waals surface area contributed by atoms with Crippen LogP contribution in [0.25, 0.3) is 0 Å². The highest BCUT2D eigenvalue weighted by atomic mass is 16.2. The second kappa shape index (κ2) is 8.80. The number of amides is 1. The SMILES string of the molecule is CN(CCNC(=O)c1ccc(=O)n(Cc2ccccc2)n1)c1ccccc1. The molecular weight excluding hydrogens is 340 g/mol. The Morgan fingerprint density at radius 1 is 1.00 bits per heavy atom. The monoisotopic (exact) mass is 362 g/mol. The number of carbonyl (C=O) groups excluding carboxylic acids is 1. The number of aromatic nitrogens is 2. The molecule has 27 heavy (non-hydrogen) atoms. The highest BCUT2D eigenvalue weighted by molar-refractivity contribution is 5.92. The van der Waals surface area contributed by atoms with E-state index in [0.717, 1.165) is 11.3 Å². The van der Waals surface area contributed by atoms with Gasteiger partial charge >= 0.3 is 0 Å². The van der Waals surface area contributed by atoms with E-state index in [1.165, 1.54) is 16.8 Å². The molecule has 0 unspecified atom stereocenters. The molecule has 1 aromatic heterocycles. The molecule has 0 aliphatic carbocycles. The van der Waals surface area contributed by atoms with Gasteiger partial charge in [-0.05, 0) is 23.8 Å². The molecule has 0 saturated carbocycles. The quantitative estimate of drug-likeness (QED) is 0.699. The normalized spacial score (nSPS) is 10.4. The molecule has 0 saturated heterocycles. The molecule has 6 nitrogen and oxygen atoms in total. The van der Waals surface area contributed by atoms with Crippen LogP contribution in [-0.4, -0.2) is 35.8 Å². The predicted molar refractivity (Wildman–Crippen MR) is 106 cm³/mol. The summed E-state index contributed by atoms with van der Waals surface area (Å²) < 4.78 is 1.31. The Morgan fingerprint density at radius 3 is 2.37 bits per heavy atom. The molecule has 0 bridgehead atoms. The van der Waals surface area contributed by atoms with Crippen molar-refractivity contribution in [3.05, 3.63) is 94.4 Å². The van der Waals surface area contributed by atoms with Crippen LogP contribution in [0.3, 0.4) is 0 Å². The third-order valence-corrected chi connectivity index (χ3v) is 4.20. The number of carbonyl (C=O) groups is 1. The molecule has 3 rings (SSSR count). The van der Waals surface area contributed by atoms with Crippen LogP contribution in [0.2, 0.25) is 0 Å². The fraction of sp³-hybridized carbons (Fsp3) is 0.190. The first-order chi connectivity index (χ1) is 13.1. The summed E-state index contributed by atoms with van der Waals surface area (Å²) in [6.45, 7) is 1.47. The van der Waals surface area contributed by atoms with Gasteiger partial charge < -0.3 is 10.2 Å². The number of rotatable bonds is 7. The van der Waals surface area contributed by atoms with Gasteiger partial charge in [0.15, 0.2) is 0 Å². The van der Waals surface area contributed by atoms with Gasteiger partial charge in [-0.3, -0.25) is 9.59 Å². The van der Waals surface area contributed by atoms with Crippen molar-refractivity contribution in [2.75, 3.05) is 25.0 Å². The van der Waals surface area contributed by atoms with Crippen molar-refractivity contribution in [3.8, 4) is 0 Å². The lowest BCUT2D eigenvalue weighted by Gasteiger charge is -2.19. The summed E-state index contributed by atoms with van der Waals surface area (Å²) in [5, 5.41) is 7.05. The second-order valence-corrected chi connectivity index (χ2v) is 6.21. The number of hydrogen-bond acceptors (Lipinski definition) is 4. The van der Waals surface area contributed by atoms with Gasteiger partial charge in [0, 0.05) is 31.9 Å². The van der Waals surface area contributed by atoms with E-state index in [-0.39, 0.29) is 17.2 Å². The molecule has 0 aliphatic heterocycles. The van der Waals surface area contributed by atoms with Gasteiger partial charge in [0.25, 0.3) is 11.5 Å². The average molecular weight is 362 g/mol. The fourth-order valence-corrected chi connectivity index (χ4v) is 2.68. The van der Waals surface area contributed by atoms with Gasteiger partial charge in [-0.15, -0.1) is 0 Å². The Labute approximate surface area is 158 Å². The minimum absolute atomic E-state index is 0.230. The maximum absolute atomic E-state index is 12.4. The molecule has 1 heterocycles. The summed E-state index contributed by atoms with van der Waals surface area (Å²) in [6.07, 6.45) is 0. The summed E-state index contributed by atoms with van der Waals surface area (Å²) in [5.74, 6) is -0.293. The summed E-state index contributed by atoms with van der Waals surface area (Å²) in [4.78, 5) is 26.5. The van der Waals surface area contributed by atoms with E-state index in [1.807, 2.05) is 67.7 Å². The van der Waals surface area contributed by atoms with Crippen LogP contribution in [0.5, 0.6) is 0 Å². The average Bonchev–Trinajstić information content (AvgIpc) is 2.71. The molecule has 0 spiro atoms. The summed E-state index contributed by atoms with van der Waals surface area (Å²) in [6, 6.07) is 22.3. The lowest BCUT2D eigenvalue weighted by Crippen LogP contribution is -2.34. The van der Waals surface area contributed by atoms with Gasteiger partial charge in [0.05, 0.1) is 6.54 Å². The maximum Gasteiger partial charge on any atom is 0.271 e. The first kappa shape index (κ1) is 18.4. The largest absolute Gasteiger partial charge is 0.373 e. The number of para-hydroxylation sites is 1. The predicted octanol–water partition coefficient (Wildman–Crippen LogP) is 2.16. The van der Waals surface area contributed by atoms with E-state index in [0.29, 0.717) is 19.6 Å². The lowest BCUT2D eigenvalue weighted by molar-refractivity contribution is 0.0947. The molecule has 0 aliphatic rings. The molecule has 2 aromatic carbocycles. The second-order valence-electron chi connectivity index (χ2n) is 6.21. The fourth-order valence-electron chi connectivity index (χ4n) is 2.68. The first-order valence-electron chi connectivity index (χ1n) is 8.80. The van der Waals surface area contributed by atoms with Gasteiger partial charge in [0.2, 0.25) is 0 Å². The number of benzene rings is 2. The van der Waals surface area contributed by atoms with E-state index in [4.69, 9.17) is 0 Å². The Hall–Kier alpha value is -3.41. The van der Waals surface area contributed by atoms with Crippen LogP contribution in [0.1, 0.15) is 16.1 Å². The van der Waals surface area contributed by atoms with Crippen molar-refractivity contribution in [1.29, 1.82) is 0 Å². The third kappa shape index (κ3) is 5.04. The molecular formula is C21H22N4O2. The van der Waals surface area contributed by atoms with Crippen molar-refractivity contribution < 1.29 is 4.79 Å². The Kier molecular flexibility index (Phi) is 5.99. The van der Waals surface area contributed by atoms with Crippen molar-refractivity contribution in [2.24, 2.45) is 0 Å². The topological polar surface area (TPSA) is 67.2 Å². The van der Waals surface area contributed by atoms with Gasteiger partial charge in [-0.2, -0.15) is 5.10 Å². The van der Waals surface area contributed by atoms with Gasteiger partial charge in [-0.25, -0.2) is 4.68 Å². The molecule has 3 aromatic rings. The first-order valence-corrected chi connectivity index (χ1v) is 8.80. The minimum Gasteiger partial charge on any atom is -0.373 e. The van der Waals surface area contributed by atoms with Crippen LogP contribution in [-0.2, 0) is 6.54 Å². The summed E-state index contributed by atoms with van der Waals surface area (Å²) in [7, 11) is 1.97. The summed E-state index contributed by atoms with van der Waals surface area (Å²) >= 11 is 0. The Morgan fingerprint density at radius 2 is 1.67 bits per heavy atom. The van der Waals surface area contributed by atoms with E-state index in [9.17, 15) is 9.59 Å². The van der Waals surface area contributed by atoms with Crippen LogP contribution in [0.15, 0.2) is 77.6 Å². The van der Waals surface area contributed by atoms with Crippen molar-refractivity contribution in [3.63, 3.8) is 0 Å². The standard InChI is InChI=1S/C21H22N4O2/c1-24(18-10-6-3-7-11-18)15-14-22-21(27)19-12-13-20(26)25(23-19)16-17-8-4-2-5-9-17/h2-13H,14-16H2,1H3,(H,22,27). The van der Waals surface area contributed by atoms with Crippen LogP contribution < -0.4 is 15.8 Å². The molecule has 0 fully saturated rings. The van der Waals surface area contributed by atoms with Gasteiger partial charge in [0.1, 0.15) is 5.69 Å². The third-order valence-electron chi connectivity index (χ3n) is 4.20. The molecule has 0 atom stereocenters. The van der Waals surface area contributed by atoms with E-state index in [1.54, 1.807) is 0 Å². The highest BCUT2D eigenvalue weighted by Crippen LogP contribution is 2.09. The number of anilines is 1. The van der Waals surface area contributed by atoms with Crippen LogP contribution in [0.4, 0.5) is 5.69 Å². The zero-order valence-corrected chi connectivity index (χ0v) is 15.2. The van der Waals surface area contributed by atoms with E-state index >= 15 is 0 Å². The number of nitrogens with zero attached hydrogens (tertiary/aromatic N) is 3. The number of nitrogens with one attached hydrogen (secondary N) is 1. The van der Waals surface area contributed by atoms with Crippen molar-refractivity contribution in [1.82, 2.24) is 15.1 Å². The van der Waals surface area contributed by atoms with Crippen LogP contribution in [0, 0.1) is 0 Å². The van der Waals surface area contributed by atoms with E-state index < -0.39 is 0 Å². The Balaban J connectivity index is 1.60. The zero-order chi connectivity index (χ0) is 19.1. The molecule has 6 heteroatoms. The minimum atomic E-state index is -0.293. The maximum atomic E-state index is 12.4. The molecule has 1 N–H and O–H groups in total. The van der Waals surface area contributed by atoms with Crippen molar-refractivity contribution >= 4 is 11.6 Å². The van der Waals surface area contributed by atoms with E-state index in [2.05, 4.69) is 15.3 Å². The molecule has 1 amide bonds. The summed E-state index contributed by atoms with van der Waals surface area (Å²) in [5.41, 5.74) is 2.03. The van der Waals surface area contributed by atoms with Crippen molar-refractivity contribution in [2.45, 2.75) is 6.54 Å². The number of hydrogen-bond donors (Lipinski definition) is 1. The van der Waals surface area contributed by atoms with Crippen LogP contribution >= 0.6 is 0 Å². The highest BCUT2D eigenvalue weighted by Gasteiger charge is 2.10. The zero-order valence-electron chi connectivity index (χ0n) is 15.2. The lowest BCUT2D eigenvalue weighted by atomic mass is 10.2.